The summed E-state index contributed by atoms with van der Waals surface area (Å²) >= 11 is 0. The molecule has 4 heteroatoms. The Morgan fingerprint density at radius 1 is 0.806 bits per heavy atom. The minimum Gasteiger partial charge on any atom is -0.364 e. The van der Waals surface area contributed by atoms with Gasteiger partial charge in [0.05, 0.1) is 17.9 Å². The molecule has 0 spiro atoms. The molecule has 6 rings (SSSR count). The number of benzene rings is 3. The van der Waals surface area contributed by atoms with Crippen LogP contribution in [0.3, 0.4) is 0 Å². The van der Waals surface area contributed by atoms with Crippen LogP contribution in [0.5, 0.6) is 0 Å². The number of aliphatic imine (C=N–C) groups is 1. The van der Waals surface area contributed by atoms with E-state index in [4.69, 9.17) is 9.73 Å². The topological polar surface area (TPSA) is 21.6 Å². The van der Waals surface area contributed by atoms with E-state index < -0.39 is 0 Å². The first-order valence-electron chi connectivity index (χ1n) is 9.47. The van der Waals surface area contributed by atoms with Crippen molar-refractivity contribution in [2.24, 2.45) is 16.8 Å². The predicted molar refractivity (Wildman–Crippen MR) is 130 cm³/mol. The van der Waals surface area contributed by atoms with E-state index in [2.05, 4.69) is 60.7 Å². The minimum absolute atomic E-state index is 0. The third-order valence-electron chi connectivity index (χ3n) is 5.91. The molecule has 164 valence electrons. The molecule has 2 heterocycles. The van der Waals surface area contributed by atoms with E-state index in [0.717, 1.165) is 17.0 Å². The van der Waals surface area contributed by atoms with E-state index in [1.54, 1.807) is 0 Å². The Morgan fingerprint density at radius 3 is 1.97 bits per heavy atom. The van der Waals surface area contributed by atoms with Gasteiger partial charge in [0, 0.05) is 37.8 Å². The van der Waals surface area contributed by atoms with Crippen molar-refractivity contribution in [2.45, 2.75) is 12.2 Å². The summed E-state index contributed by atoms with van der Waals surface area (Å²) in [6.45, 7) is 0. The van der Waals surface area contributed by atoms with Gasteiger partial charge in [-0.2, -0.15) is 34.2 Å². The number of hydrogen-bond donors (Lipinski definition) is 0. The fourth-order valence-electron chi connectivity index (χ4n) is 4.66. The van der Waals surface area contributed by atoms with E-state index >= 15 is 0 Å². The van der Waals surface area contributed by atoms with Gasteiger partial charge in [0.15, 0.2) is 0 Å². The second-order valence-corrected chi connectivity index (χ2v) is 7.41. The van der Waals surface area contributed by atoms with Gasteiger partial charge in [-0.1, -0.05) is 60.2 Å². The van der Waals surface area contributed by atoms with Crippen LogP contribution in [-0.2, 0) is 25.2 Å². The summed E-state index contributed by atoms with van der Waals surface area (Å²) in [6, 6.07) is 30.2. The molecule has 2 bridgehead atoms. The molecule has 3 aromatic rings. The SMILES string of the molecule is P.[CH3-].[CH3-].[Pd].[c-]1ccccc1N=C(C=C1C2C3OC(c4ccccc43)C12)c1ccccc1. The molecule has 5 atom stereocenters. The molecule has 3 aromatic carbocycles. The largest absolute Gasteiger partial charge is 0.364 e. The fourth-order valence-corrected chi connectivity index (χ4v) is 4.66. The maximum absolute atomic E-state index is 6.25. The first kappa shape index (κ1) is 25.4. The molecule has 0 amide bonds. The van der Waals surface area contributed by atoms with Crippen molar-refractivity contribution in [3.05, 3.63) is 128 Å². The van der Waals surface area contributed by atoms with Crippen molar-refractivity contribution >= 4 is 21.3 Å². The quantitative estimate of drug-likeness (QED) is 0.166. The first-order chi connectivity index (χ1) is 13.4. The molecule has 0 aromatic heterocycles. The van der Waals surface area contributed by atoms with Gasteiger partial charge in [0.25, 0.3) is 0 Å². The maximum atomic E-state index is 6.25. The first-order valence-corrected chi connectivity index (χ1v) is 9.47. The van der Waals surface area contributed by atoms with Gasteiger partial charge in [-0.15, -0.1) is 6.07 Å². The summed E-state index contributed by atoms with van der Waals surface area (Å²) in [4.78, 5) is 4.90. The van der Waals surface area contributed by atoms with E-state index in [9.17, 15) is 0 Å². The van der Waals surface area contributed by atoms with E-state index in [0.29, 0.717) is 11.8 Å². The van der Waals surface area contributed by atoms with Crippen molar-refractivity contribution in [3.63, 3.8) is 0 Å². The normalized spacial score (nSPS) is 23.7. The average Bonchev–Trinajstić information content (AvgIpc) is 3.14. The molecule has 3 aliphatic rings. The zero-order valence-electron chi connectivity index (χ0n) is 17.8. The second-order valence-electron chi connectivity index (χ2n) is 7.41. The molecular formula is C27H27NOPPd-3. The summed E-state index contributed by atoms with van der Waals surface area (Å²) < 4.78 is 6.25. The van der Waals surface area contributed by atoms with Crippen molar-refractivity contribution < 1.29 is 25.2 Å². The van der Waals surface area contributed by atoms with E-state index in [1.165, 1.54) is 16.7 Å². The van der Waals surface area contributed by atoms with Crippen LogP contribution in [0.1, 0.15) is 28.9 Å². The van der Waals surface area contributed by atoms with Crippen LogP contribution in [0.25, 0.3) is 0 Å². The Morgan fingerprint density at radius 2 is 1.39 bits per heavy atom. The van der Waals surface area contributed by atoms with Crippen LogP contribution in [0.4, 0.5) is 5.69 Å². The van der Waals surface area contributed by atoms with Gasteiger partial charge >= 0.3 is 0 Å². The molecule has 5 unspecified atom stereocenters. The van der Waals surface area contributed by atoms with Gasteiger partial charge in [0.2, 0.25) is 0 Å². The molecule has 2 fully saturated rings. The van der Waals surface area contributed by atoms with Gasteiger partial charge in [-0.05, 0) is 22.9 Å². The van der Waals surface area contributed by atoms with E-state index in [-0.39, 0.29) is 57.4 Å². The van der Waals surface area contributed by atoms with Gasteiger partial charge in [-0.3, -0.25) is 4.99 Å². The molecule has 2 aliphatic heterocycles. The summed E-state index contributed by atoms with van der Waals surface area (Å²) in [6.07, 6.45) is 2.74. The van der Waals surface area contributed by atoms with Crippen LogP contribution in [-0.4, -0.2) is 5.71 Å². The Labute approximate surface area is 203 Å². The number of hydrogen-bond acceptors (Lipinski definition) is 2. The van der Waals surface area contributed by atoms with Crippen LogP contribution < -0.4 is 0 Å². The standard InChI is InChI=1S/C25H18NO.2CH3.H3P.Pd/c1-3-9-16(10-4-1)21(26-17-11-5-2-6-12-17)15-20-22-23(20)25-19-14-8-7-13-18(19)24(22)27-25;;;;/h1-11,13-15,22-25H;3*1H3;/q3*-1;;. The Kier molecular flexibility index (Phi) is 8.32. The molecular weight excluding hydrogens is 492 g/mol. The van der Waals surface area contributed by atoms with Gasteiger partial charge in [-0.25, -0.2) is 0 Å². The number of fused-ring (bicyclic) bond motifs is 8. The van der Waals surface area contributed by atoms with Crippen molar-refractivity contribution in [3.8, 4) is 0 Å². The Hall–Kier alpha value is -1.88. The number of nitrogens with zero attached hydrogens (tertiary/aromatic N) is 1. The number of allylic oxidation sites excluding steroid dienone is 1. The van der Waals surface area contributed by atoms with Crippen LogP contribution in [0, 0.1) is 32.8 Å². The van der Waals surface area contributed by atoms with Crippen LogP contribution >= 0.6 is 9.90 Å². The van der Waals surface area contributed by atoms with Crippen molar-refractivity contribution in [2.75, 3.05) is 0 Å². The molecule has 0 N–H and O–H groups in total. The number of ether oxygens (including phenoxy) is 1. The summed E-state index contributed by atoms with van der Waals surface area (Å²) in [5.74, 6) is 1.03. The number of para-hydroxylation sites is 1. The molecule has 31 heavy (non-hydrogen) atoms. The molecule has 0 radical (unpaired) electrons. The summed E-state index contributed by atoms with van der Waals surface area (Å²) in [5, 5.41) is 0. The average molecular weight is 519 g/mol. The van der Waals surface area contributed by atoms with Crippen LogP contribution in [0.2, 0.25) is 0 Å². The zero-order valence-corrected chi connectivity index (χ0v) is 20.7. The third kappa shape index (κ3) is 4.26. The smallest absolute Gasteiger partial charge is 0.0909 e. The molecule has 2 nitrogen and oxygen atoms in total. The monoisotopic (exact) mass is 518 g/mol. The number of rotatable bonds is 3. The molecule has 1 saturated heterocycles. The fraction of sp³-hybridized carbons (Fsp3) is 0.148. The molecule has 1 aliphatic carbocycles. The van der Waals surface area contributed by atoms with Crippen LogP contribution in [0.15, 0.2) is 95.5 Å². The van der Waals surface area contributed by atoms with Gasteiger partial charge in [0.1, 0.15) is 0 Å². The van der Waals surface area contributed by atoms with Crippen molar-refractivity contribution in [1.82, 2.24) is 0 Å². The maximum Gasteiger partial charge on any atom is 0.0909 e. The third-order valence-corrected chi connectivity index (χ3v) is 5.91. The van der Waals surface area contributed by atoms with Crippen molar-refractivity contribution in [1.29, 1.82) is 0 Å². The zero-order chi connectivity index (χ0) is 17.8. The Balaban J connectivity index is 0.000000853. The summed E-state index contributed by atoms with van der Waals surface area (Å²) in [5.41, 5.74) is 7.24. The van der Waals surface area contributed by atoms with Gasteiger partial charge < -0.3 is 19.6 Å². The summed E-state index contributed by atoms with van der Waals surface area (Å²) in [7, 11) is 0. The van der Waals surface area contributed by atoms with E-state index in [1.807, 2.05) is 30.3 Å². The predicted octanol–water partition coefficient (Wildman–Crippen LogP) is 6.56. The minimum atomic E-state index is 0. The second kappa shape index (κ2) is 10.2. The Bertz CT molecular complexity index is 1040. The molecule has 1 saturated carbocycles.